The molecule has 0 bridgehead atoms. The minimum atomic E-state index is -1.06. The minimum absolute atomic E-state index is 0.0158. The number of carbonyl (C=O) groups excluding carboxylic acids is 2. The van der Waals surface area contributed by atoms with E-state index in [1.165, 1.54) is 4.90 Å². The molecule has 2 fully saturated rings. The average Bonchev–Trinajstić information content (AvgIpc) is 2.98. The van der Waals surface area contributed by atoms with E-state index in [9.17, 15) is 19.5 Å². The van der Waals surface area contributed by atoms with Crippen LogP contribution in [0.3, 0.4) is 0 Å². The third-order valence-corrected chi connectivity index (χ3v) is 5.93. The van der Waals surface area contributed by atoms with Crippen molar-refractivity contribution in [1.29, 1.82) is 0 Å². The van der Waals surface area contributed by atoms with Gasteiger partial charge in [0.05, 0.1) is 6.04 Å². The summed E-state index contributed by atoms with van der Waals surface area (Å²) in [7, 11) is 0. The highest BCUT2D eigenvalue weighted by molar-refractivity contribution is 5.84. The number of likely N-dealkylation sites (tertiary alicyclic amines) is 1. The predicted molar refractivity (Wildman–Crippen MR) is 111 cm³/mol. The quantitative estimate of drug-likeness (QED) is 0.758. The zero-order chi connectivity index (χ0) is 22.2. The normalized spacial score (nSPS) is 24.9. The van der Waals surface area contributed by atoms with Crippen LogP contribution < -0.4 is 0 Å². The lowest BCUT2D eigenvalue weighted by Crippen LogP contribution is -2.59. The minimum Gasteiger partial charge on any atom is -0.480 e. The molecule has 0 unspecified atom stereocenters. The van der Waals surface area contributed by atoms with Crippen molar-refractivity contribution in [3.63, 3.8) is 0 Å². The van der Waals surface area contributed by atoms with Gasteiger partial charge in [-0.15, -0.1) is 0 Å². The molecule has 1 heterocycles. The fourth-order valence-corrected chi connectivity index (χ4v) is 4.52. The van der Waals surface area contributed by atoms with Crippen molar-refractivity contribution in [2.75, 3.05) is 6.54 Å². The molecule has 7 nitrogen and oxygen atoms in total. The molecule has 29 heavy (non-hydrogen) atoms. The smallest absolute Gasteiger partial charge is 0.411 e. The van der Waals surface area contributed by atoms with Gasteiger partial charge >= 0.3 is 12.1 Å². The summed E-state index contributed by atoms with van der Waals surface area (Å²) in [6.07, 6.45) is 4.64. The van der Waals surface area contributed by atoms with E-state index in [0.29, 0.717) is 0 Å². The van der Waals surface area contributed by atoms with Gasteiger partial charge in [0, 0.05) is 23.9 Å². The van der Waals surface area contributed by atoms with Gasteiger partial charge in [-0.25, -0.2) is 9.59 Å². The molecular formula is C22H38N2O5. The molecule has 0 radical (unpaired) electrons. The Bertz CT molecular complexity index is 641. The highest BCUT2D eigenvalue weighted by atomic mass is 16.6. The van der Waals surface area contributed by atoms with Gasteiger partial charge in [0.15, 0.2) is 0 Å². The van der Waals surface area contributed by atoms with E-state index in [0.717, 1.165) is 32.1 Å². The van der Waals surface area contributed by atoms with Gasteiger partial charge in [0.2, 0.25) is 5.91 Å². The van der Waals surface area contributed by atoms with Gasteiger partial charge in [-0.3, -0.25) is 9.69 Å². The SMILES string of the molecule is CC(C)(C)OC(=O)N1C[C@@H](N(C(=O)C(C)(C)C)C2(C)CCCCC2)C[C@H]1C(=O)O. The zero-order valence-electron chi connectivity index (χ0n) is 19.1. The fourth-order valence-electron chi connectivity index (χ4n) is 4.52. The molecule has 0 spiro atoms. The lowest BCUT2D eigenvalue weighted by atomic mass is 9.79. The lowest BCUT2D eigenvalue weighted by Gasteiger charge is -2.49. The van der Waals surface area contributed by atoms with Crippen molar-refractivity contribution in [2.45, 2.75) is 110 Å². The number of carboxylic acids is 1. The van der Waals surface area contributed by atoms with Crippen LogP contribution in [0.4, 0.5) is 4.79 Å². The summed E-state index contributed by atoms with van der Waals surface area (Å²) in [6.45, 7) is 13.2. The Balaban J connectivity index is 2.37. The van der Waals surface area contributed by atoms with Crippen molar-refractivity contribution in [3.8, 4) is 0 Å². The lowest BCUT2D eigenvalue weighted by molar-refractivity contribution is -0.151. The van der Waals surface area contributed by atoms with Crippen LogP contribution in [-0.2, 0) is 14.3 Å². The number of carboxylic acid groups (broad SMARTS) is 1. The van der Waals surface area contributed by atoms with Crippen molar-refractivity contribution >= 4 is 18.0 Å². The van der Waals surface area contributed by atoms with Gasteiger partial charge < -0.3 is 14.7 Å². The molecule has 2 atom stereocenters. The Morgan fingerprint density at radius 1 is 1.03 bits per heavy atom. The highest BCUT2D eigenvalue weighted by Gasteiger charge is 2.50. The maximum absolute atomic E-state index is 13.5. The summed E-state index contributed by atoms with van der Waals surface area (Å²) in [4.78, 5) is 41.3. The van der Waals surface area contributed by atoms with Crippen LogP contribution in [0.5, 0.6) is 0 Å². The monoisotopic (exact) mass is 410 g/mol. The first kappa shape index (κ1) is 23.5. The number of hydrogen-bond donors (Lipinski definition) is 1. The molecule has 1 saturated heterocycles. The first-order valence-corrected chi connectivity index (χ1v) is 10.7. The summed E-state index contributed by atoms with van der Waals surface area (Å²) in [5.41, 5.74) is -1.62. The summed E-state index contributed by atoms with van der Waals surface area (Å²) in [5, 5.41) is 9.75. The molecule has 0 aromatic carbocycles. The summed E-state index contributed by atoms with van der Waals surface area (Å²) < 4.78 is 5.45. The number of carbonyl (C=O) groups is 3. The Morgan fingerprint density at radius 3 is 2.03 bits per heavy atom. The first-order chi connectivity index (χ1) is 13.2. The Kier molecular flexibility index (Phi) is 6.60. The predicted octanol–water partition coefficient (Wildman–Crippen LogP) is 4.05. The summed E-state index contributed by atoms with van der Waals surface area (Å²) in [5.74, 6) is -1.04. The van der Waals surface area contributed by atoms with Crippen LogP contribution in [0.15, 0.2) is 0 Å². The molecule has 2 amide bonds. The number of aliphatic carboxylic acids is 1. The Hall–Kier alpha value is -1.79. The fraction of sp³-hybridized carbons (Fsp3) is 0.864. The number of amides is 2. The van der Waals surface area contributed by atoms with E-state index in [1.54, 1.807) is 20.8 Å². The van der Waals surface area contributed by atoms with Gasteiger partial charge in [0.1, 0.15) is 11.6 Å². The van der Waals surface area contributed by atoms with Crippen molar-refractivity contribution in [3.05, 3.63) is 0 Å². The third kappa shape index (κ3) is 5.43. The molecule has 7 heteroatoms. The van der Waals surface area contributed by atoms with E-state index in [-0.39, 0.29) is 30.5 Å². The second kappa shape index (κ2) is 8.15. The standard InChI is InChI=1S/C22H38N2O5/c1-20(2,3)18(27)24(22(7)11-9-8-10-12-22)15-13-16(17(25)26)23(14-15)19(28)29-21(4,5)6/h15-16H,8-14H2,1-7H3,(H,25,26)/t15-,16-/m0/s1. The van der Waals surface area contributed by atoms with Crippen molar-refractivity contribution in [1.82, 2.24) is 9.80 Å². The summed E-state index contributed by atoms with van der Waals surface area (Å²) >= 11 is 0. The second-order valence-corrected chi connectivity index (χ2v) is 10.9. The number of ether oxygens (including phenoxy) is 1. The zero-order valence-corrected chi connectivity index (χ0v) is 19.1. The molecule has 1 N–H and O–H groups in total. The molecule has 1 saturated carbocycles. The van der Waals surface area contributed by atoms with E-state index in [1.807, 2.05) is 25.7 Å². The highest BCUT2D eigenvalue weighted by Crippen LogP contribution is 2.40. The maximum Gasteiger partial charge on any atom is 0.411 e. The Morgan fingerprint density at radius 2 is 1.59 bits per heavy atom. The van der Waals surface area contributed by atoms with Gasteiger partial charge in [0.25, 0.3) is 0 Å². The second-order valence-electron chi connectivity index (χ2n) is 10.9. The maximum atomic E-state index is 13.5. The third-order valence-electron chi connectivity index (χ3n) is 5.93. The van der Waals surface area contributed by atoms with Crippen LogP contribution >= 0.6 is 0 Å². The van der Waals surface area contributed by atoms with E-state index in [2.05, 4.69) is 6.92 Å². The van der Waals surface area contributed by atoms with Crippen LogP contribution in [0.2, 0.25) is 0 Å². The van der Waals surface area contributed by atoms with Crippen molar-refractivity contribution < 1.29 is 24.2 Å². The first-order valence-electron chi connectivity index (χ1n) is 10.7. The van der Waals surface area contributed by atoms with Gasteiger partial charge in [-0.2, -0.15) is 0 Å². The largest absolute Gasteiger partial charge is 0.480 e. The number of nitrogens with zero attached hydrogens (tertiary/aromatic N) is 2. The van der Waals surface area contributed by atoms with Crippen LogP contribution in [0, 0.1) is 5.41 Å². The van der Waals surface area contributed by atoms with Gasteiger partial charge in [-0.1, -0.05) is 40.0 Å². The molecule has 166 valence electrons. The molecule has 0 aromatic rings. The van der Waals surface area contributed by atoms with Crippen LogP contribution in [0.25, 0.3) is 0 Å². The molecule has 0 aromatic heterocycles. The average molecular weight is 411 g/mol. The van der Waals surface area contributed by atoms with Crippen LogP contribution in [-0.4, -0.2) is 62.6 Å². The Labute approximate surface area is 174 Å². The van der Waals surface area contributed by atoms with Gasteiger partial charge in [-0.05, 0) is 40.5 Å². The van der Waals surface area contributed by atoms with E-state index >= 15 is 0 Å². The molecular weight excluding hydrogens is 372 g/mol. The topological polar surface area (TPSA) is 87.2 Å². The van der Waals surface area contributed by atoms with Crippen molar-refractivity contribution in [2.24, 2.45) is 5.41 Å². The molecule has 2 aliphatic rings. The molecule has 2 rings (SSSR count). The van der Waals surface area contributed by atoms with Crippen LogP contribution in [0.1, 0.15) is 87.0 Å². The van der Waals surface area contributed by atoms with E-state index < -0.39 is 29.1 Å². The van der Waals surface area contributed by atoms with E-state index in [4.69, 9.17) is 4.74 Å². The molecule has 1 aliphatic heterocycles. The summed E-state index contributed by atoms with van der Waals surface area (Å²) in [6, 6.07) is -1.32. The number of rotatable bonds is 3. The molecule has 1 aliphatic carbocycles. The number of hydrogen-bond acceptors (Lipinski definition) is 4.